The first-order chi connectivity index (χ1) is 16.2. The summed E-state index contributed by atoms with van der Waals surface area (Å²) in [7, 11) is 0. The number of carbonyl (C=O) groups is 2. The fourth-order valence-electron chi connectivity index (χ4n) is 3.27. The molecule has 11 heteroatoms. The highest BCUT2D eigenvalue weighted by Gasteiger charge is 2.31. The van der Waals surface area contributed by atoms with Gasteiger partial charge in [0.15, 0.2) is 5.65 Å². The zero-order chi connectivity index (χ0) is 24.5. The van der Waals surface area contributed by atoms with Crippen LogP contribution >= 0.6 is 0 Å². The molecule has 0 aliphatic heterocycles. The van der Waals surface area contributed by atoms with E-state index in [-0.39, 0.29) is 29.1 Å². The van der Waals surface area contributed by atoms with Gasteiger partial charge in [-0.2, -0.15) is 18.3 Å². The molecule has 4 aromatic rings. The zero-order valence-electron chi connectivity index (χ0n) is 17.6. The van der Waals surface area contributed by atoms with Gasteiger partial charge in [-0.1, -0.05) is 6.07 Å². The van der Waals surface area contributed by atoms with Crippen LogP contribution in [0.5, 0.6) is 0 Å². The van der Waals surface area contributed by atoms with Crippen LogP contribution in [-0.2, 0) is 10.9 Å². The largest absolute Gasteiger partial charge is 0.462 e. The molecule has 0 saturated carbocycles. The van der Waals surface area contributed by atoms with Crippen LogP contribution in [0.3, 0.4) is 0 Å². The van der Waals surface area contributed by atoms with Gasteiger partial charge in [0, 0.05) is 17.3 Å². The van der Waals surface area contributed by atoms with E-state index in [1.54, 1.807) is 13.0 Å². The second-order valence-corrected chi connectivity index (χ2v) is 7.07. The summed E-state index contributed by atoms with van der Waals surface area (Å²) in [4.78, 5) is 28.8. The number of anilines is 1. The summed E-state index contributed by atoms with van der Waals surface area (Å²) in [6, 6.07) is 9.21. The lowest BCUT2D eigenvalue weighted by Gasteiger charge is -2.11. The SMILES string of the molecule is CCOC(=O)c1cnn2c(-c3ccc(F)c(NC(=O)c4cccc(C(F)(F)F)c4)c3)ccnc12. The molecule has 1 amide bonds. The molecule has 2 aromatic heterocycles. The van der Waals surface area contributed by atoms with E-state index in [4.69, 9.17) is 4.74 Å². The van der Waals surface area contributed by atoms with Gasteiger partial charge in [0.25, 0.3) is 5.91 Å². The van der Waals surface area contributed by atoms with Crippen LogP contribution in [0.25, 0.3) is 16.9 Å². The molecule has 0 aliphatic rings. The van der Waals surface area contributed by atoms with Crippen LogP contribution < -0.4 is 5.32 Å². The Morgan fingerprint density at radius 3 is 2.65 bits per heavy atom. The maximum absolute atomic E-state index is 14.4. The van der Waals surface area contributed by atoms with Crippen LogP contribution in [0.15, 0.2) is 60.9 Å². The number of benzene rings is 2. The number of hydrogen-bond acceptors (Lipinski definition) is 5. The van der Waals surface area contributed by atoms with Crippen molar-refractivity contribution in [3.63, 3.8) is 0 Å². The lowest BCUT2D eigenvalue weighted by atomic mass is 10.1. The molecule has 2 heterocycles. The number of nitrogens with zero attached hydrogens (tertiary/aromatic N) is 3. The molecule has 1 N–H and O–H groups in total. The second kappa shape index (κ2) is 8.93. The quantitative estimate of drug-likeness (QED) is 0.327. The number of hydrogen-bond donors (Lipinski definition) is 1. The smallest absolute Gasteiger partial charge is 0.416 e. The van der Waals surface area contributed by atoms with Crippen molar-refractivity contribution in [1.29, 1.82) is 0 Å². The van der Waals surface area contributed by atoms with Crippen molar-refractivity contribution in [2.75, 3.05) is 11.9 Å². The summed E-state index contributed by atoms with van der Waals surface area (Å²) in [6.07, 6.45) is -1.90. The normalized spacial score (nSPS) is 11.4. The molecule has 2 aromatic carbocycles. The molecule has 34 heavy (non-hydrogen) atoms. The molecule has 0 atom stereocenters. The Bertz CT molecular complexity index is 1400. The summed E-state index contributed by atoms with van der Waals surface area (Å²) in [5.74, 6) is -2.30. The van der Waals surface area contributed by atoms with E-state index in [0.29, 0.717) is 17.3 Å². The number of halogens is 4. The number of alkyl halides is 3. The molecular weight excluding hydrogens is 456 g/mol. The number of carbonyl (C=O) groups excluding carboxylic acids is 2. The fraction of sp³-hybridized carbons (Fsp3) is 0.130. The van der Waals surface area contributed by atoms with E-state index < -0.39 is 29.4 Å². The van der Waals surface area contributed by atoms with Crippen molar-refractivity contribution in [3.05, 3.63) is 83.4 Å². The number of ether oxygens (including phenoxy) is 1. The van der Waals surface area contributed by atoms with Crippen LogP contribution in [0.4, 0.5) is 23.2 Å². The summed E-state index contributed by atoms with van der Waals surface area (Å²) in [6.45, 7) is 1.83. The number of fused-ring (bicyclic) bond motifs is 1. The summed E-state index contributed by atoms with van der Waals surface area (Å²) < 4.78 is 59.7. The monoisotopic (exact) mass is 472 g/mol. The predicted octanol–water partition coefficient (Wildman–Crippen LogP) is 4.98. The minimum atomic E-state index is -4.62. The molecule has 0 saturated heterocycles. The van der Waals surface area contributed by atoms with E-state index in [2.05, 4.69) is 15.4 Å². The van der Waals surface area contributed by atoms with Crippen LogP contribution in [0.2, 0.25) is 0 Å². The first kappa shape index (κ1) is 22.9. The molecule has 7 nitrogen and oxygen atoms in total. The molecule has 0 unspecified atom stereocenters. The third kappa shape index (κ3) is 4.45. The molecule has 4 rings (SSSR count). The Morgan fingerprint density at radius 1 is 1.12 bits per heavy atom. The molecule has 0 bridgehead atoms. The van der Waals surface area contributed by atoms with Gasteiger partial charge in [0.05, 0.1) is 29.7 Å². The molecule has 0 radical (unpaired) electrons. The fourth-order valence-corrected chi connectivity index (χ4v) is 3.27. The number of amides is 1. The third-order valence-corrected chi connectivity index (χ3v) is 4.86. The van der Waals surface area contributed by atoms with Crippen molar-refractivity contribution in [3.8, 4) is 11.3 Å². The van der Waals surface area contributed by atoms with Gasteiger partial charge >= 0.3 is 12.1 Å². The lowest BCUT2D eigenvalue weighted by molar-refractivity contribution is -0.137. The Hall–Kier alpha value is -4.28. The maximum atomic E-state index is 14.4. The number of rotatable bonds is 5. The number of nitrogens with one attached hydrogen (secondary N) is 1. The van der Waals surface area contributed by atoms with Gasteiger partial charge in [-0.15, -0.1) is 0 Å². The lowest BCUT2D eigenvalue weighted by Crippen LogP contribution is -2.15. The highest BCUT2D eigenvalue weighted by atomic mass is 19.4. The van der Waals surface area contributed by atoms with Crippen LogP contribution in [0.1, 0.15) is 33.2 Å². The zero-order valence-corrected chi connectivity index (χ0v) is 17.6. The van der Waals surface area contributed by atoms with Crippen molar-refractivity contribution in [2.45, 2.75) is 13.1 Å². The van der Waals surface area contributed by atoms with E-state index in [1.165, 1.54) is 35.1 Å². The van der Waals surface area contributed by atoms with E-state index in [1.807, 2.05) is 0 Å². The van der Waals surface area contributed by atoms with Crippen molar-refractivity contribution < 1.29 is 31.9 Å². The standard InChI is InChI=1S/C23H16F4N4O3/c1-2-34-22(33)16-12-29-31-19(8-9-28-20(16)31)13-6-7-17(24)18(11-13)30-21(32)14-4-3-5-15(10-14)23(25,26)27/h3-12H,2H2,1H3,(H,30,32). The first-order valence-electron chi connectivity index (χ1n) is 9.97. The number of aromatic nitrogens is 3. The van der Waals surface area contributed by atoms with Crippen LogP contribution in [0, 0.1) is 5.82 Å². The molecule has 0 fully saturated rings. The Kier molecular flexibility index (Phi) is 6.01. The van der Waals surface area contributed by atoms with Crippen molar-refractivity contribution in [1.82, 2.24) is 14.6 Å². The second-order valence-electron chi connectivity index (χ2n) is 7.07. The highest BCUT2D eigenvalue weighted by molar-refractivity contribution is 6.04. The van der Waals surface area contributed by atoms with Crippen LogP contribution in [-0.4, -0.2) is 33.1 Å². The Balaban J connectivity index is 1.68. The Labute approximate surface area is 190 Å². The molecule has 174 valence electrons. The topological polar surface area (TPSA) is 85.6 Å². The molecular formula is C23H16F4N4O3. The third-order valence-electron chi connectivity index (χ3n) is 4.86. The van der Waals surface area contributed by atoms with Crippen molar-refractivity contribution >= 4 is 23.2 Å². The highest BCUT2D eigenvalue weighted by Crippen LogP contribution is 2.30. The van der Waals surface area contributed by atoms with Gasteiger partial charge in [-0.3, -0.25) is 4.79 Å². The van der Waals surface area contributed by atoms with Gasteiger partial charge in [-0.05, 0) is 49.4 Å². The maximum Gasteiger partial charge on any atom is 0.416 e. The summed E-state index contributed by atoms with van der Waals surface area (Å²) in [5, 5.41) is 6.46. The van der Waals surface area contributed by atoms with Gasteiger partial charge in [0.2, 0.25) is 0 Å². The minimum absolute atomic E-state index is 0.142. The molecule has 0 aliphatic carbocycles. The predicted molar refractivity (Wildman–Crippen MR) is 114 cm³/mol. The molecule has 0 spiro atoms. The average Bonchev–Trinajstić information content (AvgIpc) is 3.25. The van der Waals surface area contributed by atoms with Crippen molar-refractivity contribution in [2.24, 2.45) is 0 Å². The Morgan fingerprint density at radius 2 is 1.91 bits per heavy atom. The van der Waals surface area contributed by atoms with Gasteiger partial charge < -0.3 is 10.1 Å². The first-order valence-corrected chi connectivity index (χ1v) is 9.97. The summed E-state index contributed by atoms with van der Waals surface area (Å²) >= 11 is 0. The van der Waals surface area contributed by atoms with E-state index >= 15 is 0 Å². The van der Waals surface area contributed by atoms with Gasteiger partial charge in [-0.25, -0.2) is 18.7 Å². The minimum Gasteiger partial charge on any atom is -0.462 e. The van der Waals surface area contributed by atoms with E-state index in [9.17, 15) is 27.2 Å². The average molecular weight is 472 g/mol. The van der Waals surface area contributed by atoms with Gasteiger partial charge in [0.1, 0.15) is 11.4 Å². The summed E-state index contributed by atoms with van der Waals surface area (Å²) in [5.41, 5.74) is -0.329. The number of esters is 1. The van der Waals surface area contributed by atoms with E-state index in [0.717, 1.165) is 18.2 Å².